The van der Waals surface area contributed by atoms with Crippen LogP contribution in [-0.2, 0) is 15.7 Å². The third-order valence-electron chi connectivity index (χ3n) is 4.78. The van der Waals surface area contributed by atoms with Crippen molar-refractivity contribution in [2.75, 3.05) is 13.2 Å². The standard InChI is InChI=1S/C16H26IN3O4Si/c1-7-23-15(22)11-12-14(21)18-10(8-20(12)19-13(11)17)9-24-25(5,6)16(2,3)4/h10H,7-9H2,1-6H3,(H,18,21). The molecule has 0 aliphatic carbocycles. The molecular formula is C16H26IN3O4Si. The molecule has 1 unspecified atom stereocenters. The quantitative estimate of drug-likeness (QED) is 0.399. The lowest BCUT2D eigenvalue weighted by Gasteiger charge is -2.37. The van der Waals surface area contributed by atoms with E-state index in [-0.39, 0.29) is 34.9 Å². The fourth-order valence-corrected chi connectivity index (χ4v) is 4.09. The largest absolute Gasteiger partial charge is 0.462 e. The monoisotopic (exact) mass is 479 g/mol. The summed E-state index contributed by atoms with van der Waals surface area (Å²) in [7, 11) is -1.89. The number of aromatic nitrogens is 2. The molecule has 1 N–H and O–H groups in total. The highest BCUT2D eigenvalue weighted by Gasteiger charge is 2.39. The summed E-state index contributed by atoms with van der Waals surface area (Å²) >= 11 is 1.96. The molecule has 7 nitrogen and oxygen atoms in total. The Hall–Kier alpha value is -0.943. The Bertz CT molecular complexity index is 682. The SMILES string of the molecule is CCOC(=O)c1c(I)nn2c1C(=O)NC(CO[Si](C)(C)C(C)(C)C)C2. The van der Waals surface area contributed by atoms with Crippen LogP contribution in [0.25, 0.3) is 0 Å². The van der Waals surface area contributed by atoms with Crippen LogP contribution in [0.15, 0.2) is 0 Å². The number of amides is 1. The number of nitrogens with zero attached hydrogens (tertiary/aromatic N) is 2. The van der Waals surface area contributed by atoms with E-state index in [2.05, 4.69) is 44.3 Å². The number of ether oxygens (including phenoxy) is 1. The van der Waals surface area contributed by atoms with Crippen molar-refractivity contribution in [3.63, 3.8) is 0 Å². The molecule has 1 amide bonds. The van der Waals surface area contributed by atoms with Gasteiger partial charge >= 0.3 is 5.97 Å². The van der Waals surface area contributed by atoms with Crippen LogP contribution < -0.4 is 5.32 Å². The summed E-state index contributed by atoms with van der Waals surface area (Å²) in [6.45, 7) is 13.8. The van der Waals surface area contributed by atoms with Crippen molar-refractivity contribution in [3.05, 3.63) is 15.0 Å². The molecule has 0 radical (unpaired) electrons. The van der Waals surface area contributed by atoms with Gasteiger partial charge in [0, 0.05) is 0 Å². The van der Waals surface area contributed by atoms with E-state index in [4.69, 9.17) is 9.16 Å². The van der Waals surface area contributed by atoms with Crippen LogP contribution in [0.4, 0.5) is 0 Å². The van der Waals surface area contributed by atoms with E-state index >= 15 is 0 Å². The molecule has 9 heteroatoms. The lowest BCUT2D eigenvalue weighted by molar-refractivity contribution is 0.0519. The topological polar surface area (TPSA) is 82.5 Å². The van der Waals surface area contributed by atoms with Crippen LogP contribution in [-0.4, -0.2) is 49.2 Å². The summed E-state index contributed by atoms with van der Waals surface area (Å²) in [6, 6.07) is -0.167. The van der Waals surface area contributed by atoms with E-state index < -0.39 is 14.3 Å². The molecule has 0 saturated heterocycles. The zero-order valence-electron chi connectivity index (χ0n) is 15.6. The third-order valence-corrected chi connectivity index (χ3v) is 10.0. The number of esters is 1. The van der Waals surface area contributed by atoms with Crippen molar-refractivity contribution >= 4 is 42.8 Å². The molecule has 0 bridgehead atoms. The highest BCUT2D eigenvalue weighted by molar-refractivity contribution is 14.1. The molecule has 1 aromatic rings. The van der Waals surface area contributed by atoms with E-state index in [0.717, 1.165) is 0 Å². The number of nitrogens with one attached hydrogen (secondary N) is 1. The van der Waals surface area contributed by atoms with E-state index in [1.165, 1.54) is 0 Å². The van der Waals surface area contributed by atoms with Gasteiger partial charge in [-0.1, -0.05) is 20.8 Å². The Morgan fingerprint density at radius 1 is 1.44 bits per heavy atom. The number of hydrogen-bond acceptors (Lipinski definition) is 5. The minimum Gasteiger partial charge on any atom is -0.462 e. The van der Waals surface area contributed by atoms with Crippen LogP contribution in [0, 0.1) is 3.70 Å². The Morgan fingerprint density at radius 2 is 2.08 bits per heavy atom. The van der Waals surface area contributed by atoms with Crippen molar-refractivity contribution in [2.24, 2.45) is 0 Å². The predicted octanol–water partition coefficient (Wildman–Crippen LogP) is 2.80. The van der Waals surface area contributed by atoms with Crippen molar-refractivity contribution in [1.82, 2.24) is 15.1 Å². The highest BCUT2D eigenvalue weighted by Crippen LogP contribution is 2.36. The second kappa shape index (κ2) is 7.35. The van der Waals surface area contributed by atoms with Crippen LogP contribution >= 0.6 is 22.6 Å². The fourth-order valence-electron chi connectivity index (χ4n) is 2.31. The molecule has 25 heavy (non-hydrogen) atoms. The van der Waals surface area contributed by atoms with Gasteiger partial charge in [0.2, 0.25) is 0 Å². The van der Waals surface area contributed by atoms with Gasteiger partial charge in [-0.3, -0.25) is 9.48 Å². The van der Waals surface area contributed by atoms with Crippen LogP contribution in [0.5, 0.6) is 0 Å². The molecule has 0 spiro atoms. The molecule has 2 rings (SSSR count). The molecule has 0 saturated carbocycles. The van der Waals surface area contributed by atoms with Crippen molar-refractivity contribution in [3.8, 4) is 0 Å². The Labute approximate surface area is 163 Å². The van der Waals surface area contributed by atoms with E-state index in [9.17, 15) is 9.59 Å². The fraction of sp³-hybridized carbons (Fsp3) is 0.688. The van der Waals surface area contributed by atoms with E-state index in [1.807, 2.05) is 22.6 Å². The number of carbonyl (C=O) groups excluding carboxylic acids is 2. The van der Waals surface area contributed by atoms with Gasteiger partial charge < -0.3 is 14.5 Å². The second-order valence-electron chi connectivity index (χ2n) is 7.66. The van der Waals surface area contributed by atoms with Gasteiger partial charge in [0.15, 0.2) is 8.32 Å². The lowest BCUT2D eigenvalue weighted by atomic mass is 10.1. The zero-order chi connectivity index (χ0) is 19.0. The Kier molecular flexibility index (Phi) is 5.99. The smallest absolute Gasteiger partial charge is 0.343 e. The van der Waals surface area contributed by atoms with Gasteiger partial charge in [-0.25, -0.2) is 4.79 Å². The maximum atomic E-state index is 12.5. The van der Waals surface area contributed by atoms with Crippen molar-refractivity contribution in [1.29, 1.82) is 0 Å². The molecule has 0 aromatic carbocycles. The van der Waals surface area contributed by atoms with E-state index in [1.54, 1.807) is 11.6 Å². The number of carbonyl (C=O) groups is 2. The summed E-state index contributed by atoms with van der Waals surface area (Å²) in [5.41, 5.74) is 0.509. The molecule has 1 aliphatic rings. The Balaban J connectivity index is 2.16. The van der Waals surface area contributed by atoms with Crippen LogP contribution in [0.1, 0.15) is 48.5 Å². The molecular weight excluding hydrogens is 453 g/mol. The van der Waals surface area contributed by atoms with Crippen molar-refractivity contribution in [2.45, 2.75) is 58.4 Å². The van der Waals surface area contributed by atoms with Gasteiger partial charge in [0.05, 0.1) is 25.8 Å². The first-order chi connectivity index (χ1) is 11.5. The Morgan fingerprint density at radius 3 is 2.64 bits per heavy atom. The summed E-state index contributed by atoms with van der Waals surface area (Å²) in [5, 5.41) is 7.39. The van der Waals surface area contributed by atoms with Gasteiger partial charge in [0.25, 0.3) is 5.91 Å². The van der Waals surface area contributed by atoms with E-state index in [0.29, 0.717) is 16.9 Å². The number of rotatable bonds is 5. The number of fused-ring (bicyclic) bond motifs is 1. The van der Waals surface area contributed by atoms with Crippen LogP contribution in [0.2, 0.25) is 18.1 Å². The first-order valence-electron chi connectivity index (χ1n) is 8.36. The molecule has 0 fully saturated rings. The summed E-state index contributed by atoms with van der Waals surface area (Å²) < 4.78 is 13.3. The molecule has 2 heterocycles. The predicted molar refractivity (Wildman–Crippen MR) is 105 cm³/mol. The van der Waals surface area contributed by atoms with Gasteiger partial charge in [-0.05, 0) is 47.6 Å². The highest BCUT2D eigenvalue weighted by atomic mass is 127. The van der Waals surface area contributed by atoms with Gasteiger partial charge in [-0.15, -0.1) is 0 Å². The number of halogens is 1. The average Bonchev–Trinajstić information content (AvgIpc) is 2.81. The van der Waals surface area contributed by atoms with Gasteiger partial charge in [0.1, 0.15) is 15.0 Å². The van der Waals surface area contributed by atoms with Crippen LogP contribution in [0.3, 0.4) is 0 Å². The lowest BCUT2D eigenvalue weighted by Crippen LogP contribution is -2.51. The number of hydrogen-bond donors (Lipinski definition) is 1. The first-order valence-corrected chi connectivity index (χ1v) is 12.3. The molecule has 1 aliphatic heterocycles. The second-order valence-corrected chi connectivity index (χ2v) is 13.5. The maximum absolute atomic E-state index is 12.5. The summed E-state index contributed by atoms with van der Waals surface area (Å²) in [6.07, 6.45) is 0. The van der Waals surface area contributed by atoms with Crippen molar-refractivity contribution < 1.29 is 18.8 Å². The minimum absolute atomic E-state index is 0.106. The summed E-state index contributed by atoms with van der Waals surface area (Å²) in [4.78, 5) is 24.6. The average molecular weight is 479 g/mol. The van der Waals surface area contributed by atoms with Gasteiger partial charge in [-0.2, -0.15) is 5.10 Å². The normalized spacial score (nSPS) is 17.9. The first kappa shape index (κ1) is 20.4. The maximum Gasteiger partial charge on any atom is 0.343 e. The zero-order valence-corrected chi connectivity index (χ0v) is 18.8. The molecule has 1 aromatic heterocycles. The summed E-state index contributed by atoms with van der Waals surface area (Å²) in [5.74, 6) is -0.826. The third kappa shape index (κ3) is 4.25. The minimum atomic E-state index is -1.89. The molecule has 1 atom stereocenters. The molecule has 140 valence electrons.